The number of aryl methyl sites for hydroxylation is 1. The van der Waals surface area contributed by atoms with E-state index in [4.69, 9.17) is 4.74 Å². The van der Waals surface area contributed by atoms with Crippen LogP contribution in [-0.4, -0.2) is 31.4 Å². The third-order valence-electron chi connectivity index (χ3n) is 3.91. The first-order valence-electron chi connectivity index (χ1n) is 6.71. The number of hydrogen-bond donors (Lipinski definition) is 0. The van der Waals surface area contributed by atoms with Gasteiger partial charge in [-0.1, -0.05) is 11.6 Å². The fourth-order valence-electron chi connectivity index (χ4n) is 2.78. The molecule has 0 aliphatic carbocycles. The summed E-state index contributed by atoms with van der Waals surface area (Å²) in [6.07, 6.45) is 1.92. The van der Waals surface area contributed by atoms with Gasteiger partial charge in [-0.3, -0.25) is 9.59 Å². The molecule has 0 spiro atoms. The van der Waals surface area contributed by atoms with Gasteiger partial charge in [0.15, 0.2) is 0 Å². The van der Waals surface area contributed by atoms with Gasteiger partial charge in [-0.25, -0.2) is 0 Å². The van der Waals surface area contributed by atoms with Crippen LogP contribution in [0.1, 0.15) is 28.8 Å². The number of ether oxygens (including phenoxy) is 1. The van der Waals surface area contributed by atoms with Crippen LogP contribution in [-0.2, 0) is 9.53 Å². The molecule has 0 aromatic heterocycles. The summed E-state index contributed by atoms with van der Waals surface area (Å²) in [5.41, 5.74) is 2.33. The molecule has 2 heterocycles. The van der Waals surface area contributed by atoms with Crippen LogP contribution in [0.4, 0.5) is 5.69 Å². The van der Waals surface area contributed by atoms with Crippen LogP contribution in [0.2, 0.25) is 0 Å². The molecule has 0 saturated carbocycles. The molecule has 19 heavy (non-hydrogen) atoms. The summed E-state index contributed by atoms with van der Waals surface area (Å²) < 4.78 is 5.33. The van der Waals surface area contributed by atoms with E-state index in [1.54, 1.807) is 11.0 Å². The number of benzene rings is 1. The van der Waals surface area contributed by atoms with Crippen molar-refractivity contribution < 1.29 is 14.3 Å². The Morgan fingerprint density at radius 1 is 1.26 bits per heavy atom. The molecule has 3 rings (SSSR count). The molecule has 4 nitrogen and oxygen atoms in total. The zero-order valence-corrected chi connectivity index (χ0v) is 11.0. The number of amides is 1. The molecular weight excluding hydrogens is 242 g/mol. The fraction of sp³-hybridized carbons (Fsp3) is 0.467. The Bertz CT molecular complexity index is 532. The number of hydrogen-bond acceptors (Lipinski definition) is 3. The molecule has 1 aromatic carbocycles. The zero-order chi connectivity index (χ0) is 13.4. The van der Waals surface area contributed by atoms with Gasteiger partial charge in [-0.2, -0.15) is 0 Å². The van der Waals surface area contributed by atoms with Crippen molar-refractivity contribution in [2.45, 2.75) is 19.8 Å². The largest absolute Gasteiger partial charge is 0.381 e. The van der Waals surface area contributed by atoms with Crippen molar-refractivity contribution in [1.82, 2.24) is 0 Å². The number of carbonyl (C=O) groups is 2. The minimum absolute atomic E-state index is 0.370. The maximum Gasteiger partial charge on any atom is 0.299 e. The summed E-state index contributed by atoms with van der Waals surface area (Å²) in [6.45, 7) is 4.06. The van der Waals surface area contributed by atoms with E-state index < -0.39 is 0 Å². The predicted molar refractivity (Wildman–Crippen MR) is 71.4 cm³/mol. The van der Waals surface area contributed by atoms with E-state index >= 15 is 0 Å². The molecule has 1 saturated heterocycles. The van der Waals surface area contributed by atoms with Crippen molar-refractivity contribution >= 4 is 17.4 Å². The van der Waals surface area contributed by atoms with Gasteiger partial charge in [0.2, 0.25) is 0 Å². The number of fused-ring (bicyclic) bond motifs is 1. The zero-order valence-electron chi connectivity index (χ0n) is 11.0. The first-order valence-corrected chi connectivity index (χ1v) is 6.71. The minimum atomic E-state index is -0.382. The van der Waals surface area contributed by atoms with Crippen molar-refractivity contribution in [3.05, 3.63) is 29.3 Å². The van der Waals surface area contributed by atoms with Crippen LogP contribution >= 0.6 is 0 Å². The van der Waals surface area contributed by atoms with Gasteiger partial charge < -0.3 is 9.64 Å². The van der Waals surface area contributed by atoms with Gasteiger partial charge in [-0.15, -0.1) is 0 Å². The summed E-state index contributed by atoms with van der Waals surface area (Å²) in [7, 11) is 0. The van der Waals surface area contributed by atoms with Crippen molar-refractivity contribution in [3.63, 3.8) is 0 Å². The van der Waals surface area contributed by atoms with E-state index in [0.717, 1.165) is 37.3 Å². The highest BCUT2D eigenvalue weighted by molar-refractivity contribution is 6.52. The molecule has 0 unspecified atom stereocenters. The molecule has 1 fully saturated rings. The second kappa shape index (κ2) is 4.78. The van der Waals surface area contributed by atoms with Crippen molar-refractivity contribution in [1.29, 1.82) is 0 Å². The lowest BCUT2D eigenvalue weighted by molar-refractivity contribution is -0.114. The first-order chi connectivity index (χ1) is 9.16. The van der Waals surface area contributed by atoms with Gasteiger partial charge >= 0.3 is 0 Å². The lowest BCUT2D eigenvalue weighted by Crippen LogP contribution is -2.36. The second-order valence-corrected chi connectivity index (χ2v) is 5.32. The number of ketones is 1. The highest BCUT2D eigenvalue weighted by Crippen LogP contribution is 2.31. The van der Waals surface area contributed by atoms with E-state index in [0.29, 0.717) is 18.0 Å². The fourth-order valence-corrected chi connectivity index (χ4v) is 2.78. The topological polar surface area (TPSA) is 46.6 Å². The lowest BCUT2D eigenvalue weighted by Gasteiger charge is -2.27. The van der Waals surface area contributed by atoms with Crippen LogP contribution in [0.3, 0.4) is 0 Å². The molecule has 0 N–H and O–H groups in total. The Morgan fingerprint density at radius 2 is 2.00 bits per heavy atom. The van der Waals surface area contributed by atoms with Crippen LogP contribution in [0, 0.1) is 12.8 Å². The monoisotopic (exact) mass is 259 g/mol. The molecular formula is C15H17NO3. The van der Waals surface area contributed by atoms with Gasteiger partial charge in [0.1, 0.15) is 0 Å². The molecule has 1 aromatic rings. The Hall–Kier alpha value is -1.68. The second-order valence-electron chi connectivity index (χ2n) is 5.32. The van der Waals surface area contributed by atoms with Gasteiger partial charge in [0.05, 0.1) is 11.3 Å². The highest BCUT2D eigenvalue weighted by atomic mass is 16.5. The summed E-state index contributed by atoms with van der Waals surface area (Å²) >= 11 is 0. The normalized spacial score (nSPS) is 19.9. The number of anilines is 1. The van der Waals surface area contributed by atoms with Gasteiger partial charge in [0.25, 0.3) is 11.7 Å². The maximum absolute atomic E-state index is 12.1. The quantitative estimate of drug-likeness (QED) is 0.763. The van der Waals surface area contributed by atoms with Crippen molar-refractivity contribution in [2.24, 2.45) is 5.92 Å². The molecule has 0 bridgehead atoms. The molecule has 100 valence electrons. The molecule has 4 heteroatoms. The third kappa shape index (κ3) is 2.16. The smallest absolute Gasteiger partial charge is 0.299 e. The number of Topliss-reactive ketones (excluding diaryl/α,β-unsaturated/α-hetero) is 1. The van der Waals surface area contributed by atoms with E-state index in [1.165, 1.54) is 0 Å². The SMILES string of the molecule is Cc1ccc2c(c1)C(=O)C(=O)N2CC1CCOCC1. The Balaban J connectivity index is 1.86. The lowest BCUT2D eigenvalue weighted by atomic mass is 9.99. The summed E-state index contributed by atoms with van der Waals surface area (Å²) in [5, 5.41) is 0. The third-order valence-corrected chi connectivity index (χ3v) is 3.91. The number of nitrogens with zero attached hydrogens (tertiary/aromatic N) is 1. The molecule has 0 atom stereocenters. The standard InChI is InChI=1S/C15H17NO3/c1-10-2-3-13-12(8-10)14(17)15(18)16(13)9-11-4-6-19-7-5-11/h2-3,8,11H,4-7,9H2,1H3. The van der Waals surface area contributed by atoms with E-state index in [-0.39, 0.29) is 11.7 Å². The van der Waals surface area contributed by atoms with Crippen LogP contribution < -0.4 is 4.90 Å². The molecule has 2 aliphatic rings. The summed E-state index contributed by atoms with van der Waals surface area (Å²) in [5.74, 6) is -0.324. The Morgan fingerprint density at radius 3 is 2.74 bits per heavy atom. The van der Waals surface area contributed by atoms with Gasteiger partial charge in [-0.05, 0) is 37.8 Å². The van der Waals surface area contributed by atoms with Crippen molar-refractivity contribution in [2.75, 3.05) is 24.7 Å². The minimum Gasteiger partial charge on any atom is -0.381 e. The Labute approximate surface area is 112 Å². The molecule has 1 amide bonds. The Kier molecular flexibility index (Phi) is 3.11. The molecule has 2 aliphatic heterocycles. The number of carbonyl (C=O) groups excluding carboxylic acids is 2. The number of rotatable bonds is 2. The highest BCUT2D eigenvalue weighted by Gasteiger charge is 2.36. The van der Waals surface area contributed by atoms with Crippen LogP contribution in [0.15, 0.2) is 18.2 Å². The maximum atomic E-state index is 12.1. The van der Waals surface area contributed by atoms with Crippen LogP contribution in [0.5, 0.6) is 0 Å². The summed E-state index contributed by atoms with van der Waals surface area (Å²) in [4.78, 5) is 25.7. The van der Waals surface area contributed by atoms with Crippen LogP contribution in [0.25, 0.3) is 0 Å². The van der Waals surface area contributed by atoms with E-state index in [1.807, 2.05) is 19.1 Å². The summed E-state index contributed by atoms with van der Waals surface area (Å²) in [6, 6.07) is 5.63. The van der Waals surface area contributed by atoms with E-state index in [2.05, 4.69) is 0 Å². The van der Waals surface area contributed by atoms with Crippen molar-refractivity contribution in [3.8, 4) is 0 Å². The van der Waals surface area contributed by atoms with E-state index in [9.17, 15) is 9.59 Å². The predicted octanol–water partition coefficient (Wildman–Crippen LogP) is 1.95. The first kappa shape index (κ1) is 12.4. The van der Waals surface area contributed by atoms with Gasteiger partial charge in [0, 0.05) is 19.8 Å². The average Bonchev–Trinajstić information content (AvgIpc) is 2.65. The average molecular weight is 259 g/mol. The molecule has 0 radical (unpaired) electrons.